The highest BCUT2D eigenvalue weighted by Gasteiger charge is 2.30. The van der Waals surface area contributed by atoms with Crippen LogP contribution in [0.1, 0.15) is 21.5 Å². The van der Waals surface area contributed by atoms with Gasteiger partial charge in [0.25, 0.3) is 5.91 Å². The molecule has 0 aliphatic carbocycles. The minimum absolute atomic E-state index is 0.0577. The lowest BCUT2D eigenvalue weighted by Crippen LogP contribution is -2.23. The number of benzene rings is 3. The number of halogens is 3. The molecule has 0 aromatic heterocycles. The summed E-state index contributed by atoms with van der Waals surface area (Å²) in [4.78, 5) is 16.0. The summed E-state index contributed by atoms with van der Waals surface area (Å²) in [7, 11) is 0. The highest BCUT2D eigenvalue weighted by Crippen LogP contribution is 2.32. The molecule has 30 heavy (non-hydrogen) atoms. The Morgan fingerprint density at radius 3 is 2.37 bits per heavy atom. The quantitative estimate of drug-likeness (QED) is 0.557. The van der Waals surface area contributed by atoms with Gasteiger partial charge in [0.1, 0.15) is 23.9 Å². The molecule has 3 rings (SSSR count). The summed E-state index contributed by atoms with van der Waals surface area (Å²) in [6, 6.07) is 17.1. The Bertz CT molecular complexity index is 1030. The first kappa shape index (κ1) is 20.9. The van der Waals surface area contributed by atoms with E-state index in [4.69, 9.17) is 4.74 Å². The van der Waals surface area contributed by atoms with Gasteiger partial charge in [-0.25, -0.2) is 0 Å². The van der Waals surface area contributed by atoms with Crippen molar-refractivity contribution in [2.24, 2.45) is 4.99 Å². The Balaban J connectivity index is 1.53. The summed E-state index contributed by atoms with van der Waals surface area (Å²) >= 11 is 0. The minimum Gasteiger partial charge on any atom is -0.508 e. The maximum atomic E-state index is 12.8. The lowest BCUT2D eigenvalue weighted by molar-refractivity contribution is -0.137. The molecule has 0 spiro atoms. The molecular formula is C22H17F3N2O3. The number of carbonyl (C=O) groups excluding carboxylic acids is 1. The molecule has 5 nitrogen and oxygen atoms in total. The number of phenols is 1. The number of alkyl halides is 3. The maximum absolute atomic E-state index is 12.8. The molecular weight excluding hydrogens is 397 g/mol. The van der Waals surface area contributed by atoms with Crippen LogP contribution in [0.3, 0.4) is 0 Å². The summed E-state index contributed by atoms with van der Waals surface area (Å²) < 4.78 is 43.8. The molecule has 2 N–H and O–H groups in total. The molecule has 0 aliphatic heterocycles. The van der Waals surface area contributed by atoms with Crippen LogP contribution in [0.15, 0.2) is 77.8 Å². The average molecular weight is 414 g/mol. The molecule has 0 heterocycles. The molecule has 0 atom stereocenters. The summed E-state index contributed by atoms with van der Waals surface area (Å²) in [5, 5.41) is 11.8. The Hall–Kier alpha value is -3.81. The zero-order chi connectivity index (χ0) is 21.6. The van der Waals surface area contributed by atoms with Gasteiger partial charge in [0.2, 0.25) is 0 Å². The summed E-state index contributed by atoms with van der Waals surface area (Å²) in [5.41, 5.74) is 0.350. The fourth-order valence-corrected chi connectivity index (χ4v) is 2.48. The van der Waals surface area contributed by atoms with Gasteiger partial charge in [0, 0.05) is 11.8 Å². The molecule has 3 aromatic rings. The number of rotatable bonds is 6. The Morgan fingerprint density at radius 2 is 1.70 bits per heavy atom. The van der Waals surface area contributed by atoms with Crippen molar-refractivity contribution in [1.82, 2.24) is 5.32 Å². The van der Waals surface area contributed by atoms with Crippen LogP contribution in [-0.4, -0.2) is 23.9 Å². The van der Waals surface area contributed by atoms with Gasteiger partial charge in [-0.2, -0.15) is 13.2 Å². The number of nitrogens with one attached hydrogen (secondary N) is 1. The number of aromatic hydroxyl groups is 1. The number of hydrogen-bond donors (Lipinski definition) is 2. The van der Waals surface area contributed by atoms with E-state index in [9.17, 15) is 23.1 Å². The molecule has 0 fully saturated rings. The van der Waals surface area contributed by atoms with Gasteiger partial charge in [0.15, 0.2) is 0 Å². The van der Waals surface area contributed by atoms with Crippen LogP contribution < -0.4 is 10.1 Å². The Morgan fingerprint density at radius 1 is 1.00 bits per heavy atom. The summed E-state index contributed by atoms with van der Waals surface area (Å²) in [5.74, 6) is 0.220. The second-order valence-corrected chi connectivity index (χ2v) is 6.22. The molecule has 0 aliphatic rings. The minimum atomic E-state index is -4.43. The third kappa shape index (κ3) is 5.84. The Kier molecular flexibility index (Phi) is 6.36. The standard InChI is InChI=1S/C22H17F3N2O3/c23-22(24,25)17-2-1-3-20(12-17)30-19-10-4-15(5-11-19)13-26-14-27-21(29)16-6-8-18(28)9-7-16/h1-13,28H,14H2,(H,27,29)/b26-13+. The van der Waals surface area contributed by atoms with Crippen molar-refractivity contribution < 1.29 is 27.8 Å². The first-order chi connectivity index (χ1) is 14.3. The van der Waals surface area contributed by atoms with Crippen LogP contribution in [0, 0.1) is 0 Å². The lowest BCUT2D eigenvalue weighted by atomic mass is 10.2. The molecule has 154 valence electrons. The van der Waals surface area contributed by atoms with Crippen molar-refractivity contribution in [3.8, 4) is 17.2 Å². The topological polar surface area (TPSA) is 70.9 Å². The maximum Gasteiger partial charge on any atom is 0.416 e. The first-order valence-corrected chi connectivity index (χ1v) is 8.83. The zero-order valence-electron chi connectivity index (χ0n) is 15.6. The fourth-order valence-electron chi connectivity index (χ4n) is 2.48. The van der Waals surface area contributed by atoms with Gasteiger partial charge in [-0.05, 0) is 72.3 Å². The average Bonchev–Trinajstić information content (AvgIpc) is 2.72. The van der Waals surface area contributed by atoms with E-state index in [0.717, 1.165) is 17.7 Å². The van der Waals surface area contributed by atoms with E-state index < -0.39 is 11.7 Å². The molecule has 1 amide bonds. The van der Waals surface area contributed by atoms with E-state index in [1.165, 1.54) is 36.4 Å². The third-order valence-corrected chi connectivity index (χ3v) is 3.98. The van der Waals surface area contributed by atoms with Crippen molar-refractivity contribution in [3.05, 3.63) is 89.5 Å². The van der Waals surface area contributed by atoms with Gasteiger partial charge >= 0.3 is 6.18 Å². The molecule has 0 radical (unpaired) electrons. The highest BCUT2D eigenvalue weighted by atomic mass is 19.4. The van der Waals surface area contributed by atoms with Gasteiger partial charge in [0.05, 0.1) is 5.56 Å². The molecule has 0 bridgehead atoms. The van der Waals surface area contributed by atoms with Crippen molar-refractivity contribution in [2.75, 3.05) is 6.67 Å². The molecule has 0 saturated carbocycles. The lowest BCUT2D eigenvalue weighted by Gasteiger charge is -2.10. The van der Waals surface area contributed by atoms with Gasteiger partial charge in [-0.3, -0.25) is 9.79 Å². The van der Waals surface area contributed by atoms with Crippen LogP contribution in [0.2, 0.25) is 0 Å². The number of nitrogens with zero attached hydrogens (tertiary/aromatic N) is 1. The van der Waals surface area contributed by atoms with E-state index in [-0.39, 0.29) is 24.1 Å². The number of ether oxygens (including phenoxy) is 1. The van der Waals surface area contributed by atoms with Crippen LogP contribution >= 0.6 is 0 Å². The van der Waals surface area contributed by atoms with E-state index in [1.54, 1.807) is 30.5 Å². The van der Waals surface area contributed by atoms with Crippen LogP contribution in [0.4, 0.5) is 13.2 Å². The molecule has 0 unspecified atom stereocenters. The van der Waals surface area contributed by atoms with E-state index >= 15 is 0 Å². The third-order valence-electron chi connectivity index (χ3n) is 3.98. The number of amides is 1. The molecule has 8 heteroatoms. The van der Waals surface area contributed by atoms with Crippen molar-refractivity contribution in [1.29, 1.82) is 0 Å². The summed E-state index contributed by atoms with van der Waals surface area (Å²) in [6.45, 7) is 0.0577. The van der Waals surface area contributed by atoms with Crippen LogP contribution in [0.25, 0.3) is 0 Å². The van der Waals surface area contributed by atoms with Crippen LogP contribution in [-0.2, 0) is 6.18 Å². The van der Waals surface area contributed by atoms with Crippen molar-refractivity contribution in [2.45, 2.75) is 6.18 Å². The second kappa shape index (κ2) is 9.13. The summed E-state index contributed by atoms with van der Waals surface area (Å²) in [6.07, 6.45) is -2.89. The SMILES string of the molecule is O=C(NC/N=C/c1ccc(Oc2cccc(C(F)(F)F)c2)cc1)c1ccc(O)cc1. The van der Waals surface area contributed by atoms with Crippen molar-refractivity contribution >= 4 is 12.1 Å². The smallest absolute Gasteiger partial charge is 0.416 e. The van der Waals surface area contributed by atoms with E-state index in [1.807, 2.05) is 0 Å². The second-order valence-electron chi connectivity index (χ2n) is 6.22. The van der Waals surface area contributed by atoms with Gasteiger partial charge in [-0.15, -0.1) is 0 Å². The normalized spacial score (nSPS) is 11.4. The van der Waals surface area contributed by atoms with E-state index in [0.29, 0.717) is 11.3 Å². The Labute approximate surface area is 170 Å². The predicted octanol–water partition coefficient (Wildman–Crippen LogP) is 5.01. The van der Waals surface area contributed by atoms with Crippen LogP contribution in [0.5, 0.6) is 17.2 Å². The largest absolute Gasteiger partial charge is 0.508 e. The fraction of sp³-hybridized carbons (Fsp3) is 0.0909. The number of carbonyl (C=O) groups is 1. The van der Waals surface area contributed by atoms with Crippen molar-refractivity contribution in [3.63, 3.8) is 0 Å². The highest BCUT2D eigenvalue weighted by molar-refractivity contribution is 5.94. The predicted molar refractivity (Wildman–Crippen MR) is 106 cm³/mol. The van der Waals surface area contributed by atoms with Gasteiger partial charge < -0.3 is 15.2 Å². The number of phenolic OH excluding ortho intramolecular Hbond substituents is 1. The first-order valence-electron chi connectivity index (χ1n) is 8.83. The molecule has 0 saturated heterocycles. The van der Waals surface area contributed by atoms with E-state index in [2.05, 4.69) is 10.3 Å². The molecule has 3 aromatic carbocycles. The van der Waals surface area contributed by atoms with Gasteiger partial charge in [-0.1, -0.05) is 6.07 Å². The zero-order valence-corrected chi connectivity index (χ0v) is 15.6. The number of aliphatic imine (C=N–C) groups is 1. The number of hydrogen-bond acceptors (Lipinski definition) is 4. The monoisotopic (exact) mass is 414 g/mol.